The predicted molar refractivity (Wildman–Crippen MR) is 235 cm³/mol. The maximum Gasteiger partial charge on any atom is 0.472 e. The third-order valence-electron chi connectivity index (χ3n) is 7.72. The number of carboxylic acids is 1. The Kier molecular flexibility index (Phi) is 36.9. The van der Waals surface area contributed by atoms with E-state index in [0.29, 0.717) is 19.3 Å². The van der Waals surface area contributed by atoms with Gasteiger partial charge in [0, 0.05) is 12.8 Å². The summed E-state index contributed by atoms with van der Waals surface area (Å²) in [6.07, 6.45) is 52.9. The van der Waals surface area contributed by atoms with Crippen molar-refractivity contribution in [2.45, 2.75) is 129 Å². The first-order chi connectivity index (χ1) is 28.1. The number of nitrogens with two attached hydrogens (primary N) is 1. The first-order valence-electron chi connectivity index (χ1n) is 20.6. The second-order valence-corrected chi connectivity index (χ2v) is 14.5. The zero-order valence-electron chi connectivity index (χ0n) is 34.8. The maximum atomic E-state index is 12.6. The van der Waals surface area contributed by atoms with Crippen molar-refractivity contribution in [2.75, 3.05) is 19.8 Å². The van der Waals surface area contributed by atoms with E-state index in [1.165, 1.54) is 0 Å². The van der Waals surface area contributed by atoms with Crippen LogP contribution in [0.2, 0.25) is 0 Å². The Bertz CT molecular complexity index is 1440. The highest BCUT2D eigenvalue weighted by Crippen LogP contribution is 2.43. The number of allylic oxidation sites excluding steroid dienone is 20. The van der Waals surface area contributed by atoms with E-state index in [1.807, 2.05) is 18.2 Å². The number of aliphatic carboxylic acids is 1. The third-order valence-corrected chi connectivity index (χ3v) is 8.67. The lowest BCUT2D eigenvalue weighted by molar-refractivity contribution is -0.161. The van der Waals surface area contributed by atoms with Gasteiger partial charge in [-0.1, -0.05) is 135 Å². The molecule has 12 heteroatoms. The number of rotatable bonds is 36. The normalized spacial score (nSPS) is 15.0. The Morgan fingerprint density at radius 1 is 0.534 bits per heavy atom. The van der Waals surface area contributed by atoms with Crippen molar-refractivity contribution in [1.29, 1.82) is 0 Å². The molecule has 3 unspecified atom stereocenters. The van der Waals surface area contributed by atoms with Gasteiger partial charge in [-0.05, 0) is 89.9 Å². The van der Waals surface area contributed by atoms with Crippen molar-refractivity contribution >= 4 is 25.7 Å². The van der Waals surface area contributed by atoms with Crippen LogP contribution in [0.15, 0.2) is 122 Å². The number of phosphoric acid groups is 1. The second kappa shape index (κ2) is 39.7. The van der Waals surface area contributed by atoms with Crippen LogP contribution in [0.3, 0.4) is 0 Å². The summed E-state index contributed by atoms with van der Waals surface area (Å²) in [5, 5.41) is 8.88. The molecule has 0 aromatic carbocycles. The van der Waals surface area contributed by atoms with E-state index in [2.05, 4.69) is 122 Å². The molecule has 0 radical (unpaired) electrons. The minimum absolute atomic E-state index is 0.0185. The molecule has 0 aliphatic rings. The fourth-order valence-electron chi connectivity index (χ4n) is 4.55. The zero-order valence-corrected chi connectivity index (χ0v) is 35.7. The number of carbonyl (C=O) groups excluding carboxylic acids is 2. The van der Waals surface area contributed by atoms with Gasteiger partial charge in [-0.2, -0.15) is 0 Å². The molecule has 11 nitrogen and oxygen atoms in total. The Morgan fingerprint density at radius 3 is 1.36 bits per heavy atom. The molecule has 3 atom stereocenters. The lowest BCUT2D eigenvalue weighted by Crippen LogP contribution is -2.34. The molecule has 0 fully saturated rings. The molecule has 0 saturated heterocycles. The van der Waals surface area contributed by atoms with E-state index < -0.39 is 57.7 Å². The van der Waals surface area contributed by atoms with Gasteiger partial charge >= 0.3 is 25.7 Å². The molecule has 0 aromatic rings. The van der Waals surface area contributed by atoms with E-state index in [4.69, 9.17) is 24.8 Å². The molecular weight excluding hydrogens is 757 g/mol. The van der Waals surface area contributed by atoms with Crippen LogP contribution in [0.25, 0.3) is 0 Å². The van der Waals surface area contributed by atoms with Crippen molar-refractivity contribution in [3.05, 3.63) is 122 Å². The van der Waals surface area contributed by atoms with Gasteiger partial charge in [0.15, 0.2) is 6.10 Å². The first-order valence-corrected chi connectivity index (χ1v) is 22.1. The number of esters is 2. The van der Waals surface area contributed by atoms with E-state index in [-0.39, 0.29) is 12.8 Å². The molecule has 0 bridgehead atoms. The van der Waals surface area contributed by atoms with Crippen LogP contribution in [0.1, 0.15) is 117 Å². The lowest BCUT2D eigenvalue weighted by atomic mass is 10.2. The van der Waals surface area contributed by atoms with Crippen LogP contribution in [-0.4, -0.2) is 59.9 Å². The predicted octanol–water partition coefficient (Wildman–Crippen LogP) is 10.8. The van der Waals surface area contributed by atoms with Gasteiger partial charge in [-0.3, -0.25) is 23.4 Å². The highest BCUT2D eigenvalue weighted by Gasteiger charge is 2.28. The first kappa shape index (κ1) is 53.9. The average Bonchev–Trinajstić information content (AvgIpc) is 3.20. The number of hydrogen-bond donors (Lipinski definition) is 3. The molecule has 0 spiro atoms. The Balaban J connectivity index is 4.63. The average molecular weight is 828 g/mol. The SMILES string of the molecule is CC/C=C\C/C=C\C/C=C\C/C=C\C/C=C\C/C=C\CCC(=O)OC(COC(=O)CCCC/C=C\C/C=C\C/C=C\C/C=C\CC)COP(=O)(O)OCC(N)C(=O)O. The summed E-state index contributed by atoms with van der Waals surface area (Å²) < 4.78 is 32.5. The van der Waals surface area contributed by atoms with E-state index in [0.717, 1.165) is 70.6 Å². The molecule has 0 aliphatic heterocycles. The molecular formula is C46H70NO10P. The van der Waals surface area contributed by atoms with Crippen molar-refractivity contribution in [3.8, 4) is 0 Å². The standard InChI is InChI=1S/C46H70NO10P/c1-3-5-7-9-11-13-15-17-19-20-21-22-24-26-28-30-32-34-36-38-45(49)57-42(40-55-58(52,53)56-41-43(47)46(50)51)39-54-44(48)37-35-33-31-29-27-25-23-18-16-14-12-10-8-6-4-2/h5-8,11-14,17-19,21-23,26-29,32,34,42-43H,3-4,9-10,15-16,20,24-25,30-31,33,35-41,47H2,1-2H3,(H,50,51)(H,52,53)/b7-5-,8-6-,13-11-,14-12-,19-17-,22-21-,23-18-,28-26-,29-27-,34-32-. The Labute approximate surface area is 348 Å². The van der Waals surface area contributed by atoms with Crippen molar-refractivity contribution in [3.63, 3.8) is 0 Å². The fourth-order valence-corrected chi connectivity index (χ4v) is 5.33. The Morgan fingerprint density at radius 2 is 0.931 bits per heavy atom. The van der Waals surface area contributed by atoms with Gasteiger partial charge in [-0.15, -0.1) is 0 Å². The number of phosphoric ester groups is 1. The number of carbonyl (C=O) groups is 3. The molecule has 0 rings (SSSR count). The number of unbranched alkanes of at least 4 members (excludes halogenated alkanes) is 2. The van der Waals surface area contributed by atoms with Crippen LogP contribution in [0.4, 0.5) is 0 Å². The minimum atomic E-state index is -4.75. The molecule has 0 heterocycles. The van der Waals surface area contributed by atoms with Crippen LogP contribution < -0.4 is 5.73 Å². The smallest absolute Gasteiger partial charge is 0.472 e. The number of hydrogen-bond acceptors (Lipinski definition) is 9. The zero-order chi connectivity index (χ0) is 42.8. The van der Waals surface area contributed by atoms with E-state index in [9.17, 15) is 23.8 Å². The van der Waals surface area contributed by atoms with Gasteiger partial charge in [-0.25, -0.2) is 4.57 Å². The van der Waals surface area contributed by atoms with Crippen molar-refractivity contribution < 1.29 is 47.5 Å². The van der Waals surface area contributed by atoms with Crippen LogP contribution in [0.5, 0.6) is 0 Å². The highest BCUT2D eigenvalue weighted by atomic mass is 31.2. The summed E-state index contributed by atoms with van der Waals surface area (Å²) in [4.78, 5) is 45.9. The molecule has 58 heavy (non-hydrogen) atoms. The van der Waals surface area contributed by atoms with Crippen LogP contribution in [0, 0.1) is 0 Å². The summed E-state index contributed by atoms with van der Waals surface area (Å²) in [6.45, 7) is 2.42. The van der Waals surface area contributed by atoms with Crippen molar-refractivity contribution in [1.82, 2.24) is 0 Å². The van der Waals surface area contributed by atoms with Gasteiger partial charge in [0.25, 0.3) is 0 Å². The Hall–Kier alpha value is -4.12. The molecule has 0 aromatic heterocycles. The van der Waals surface area contributed by atoms with Gasteiger partial charge < -0.3 is 25.2 Å². The molecule has 0 aliphatic carbocycles. The number of carboxylic acid groups (broad SMARTS) is 1. The topological polar surface area (TPSA) is 172 Å². The molecule has 0 amide bonds. The van der Waals surface area contributed by atoms with E-state index in [1.54, 1.807) is 0 Å². The second-order valence-electron chi connectivity index (χ2n) is 13.0. The summed E-state index contributed by atoms with van der Waals surface area (Å²) >= 11 is 0. The van der Waals surface area contributed by atoms with Crippen LogP contribution in [-0.2, 0) is 37.5 Å². The van der Waals surface area contributed by atoms with Crippen molar-refractivity contribution in [2.24, 2.45) is 5.73 Å². The van der Waals surface area contributed by atoms with Crippen LogP contribution >= 0.6 is 7.82 Å². The highest BCUT2D eigenvalue weighted by molar-refractivity contribution is 7.47. The maximum absolute atomic E-state index is 12.6. The lowest BCUT2D eigenvalue weighted by Gasteiger charge is -2.20. The minimum Gasteiger partial charge on any atom is -0.480 e. The van der Waals surface area contributed by atoms with Gasteiger partial charge in [0.1, 0.15) is 12.6 Å². The van der Waals surface area contributed by atoms with Gasteiger partial charge in [0.2, 0.25) is 0 Å². The fraction of sp³-hybridized carbons (Fsp3) is 0.500. The van der Waals surface area contributed by atoms with Gasteiger partial charge in [0.05, 0.1) is 13.2 Å². The monoisotopic (exact) mass is 827 g/mol. The molecule has 4 N–H and O–H groups in total. The number of ether oxygens (including phenoxy) is 2. The quantitative estimate of drug-likeness (QED) is 0.0237. The van der Waals surface area contributed by atoms with E-state index >= 15 is 0 Å². The summed E-state index contributed by atoms with van der Waals surface area (Å²) in [5.74, 6) is -2.56. The summed E-state index contributed by atoms with van der Waals surface area (Å²) in [5.41, 5.74) is 5.32. The third kappa shape index (κ3) is 38.7. The molecule has 0 saturated carbocycles. The largest absolute Gasteiger partial charge is 0.480 e. The summed E-state index contributed by atoms with van der Waals surface area (Å²) in [7, 11) is -4.75. The summed E-state index contributed by atoms with van der Waals surface area (Å²) in [6, 6.07) is -1.55. The molecule has 324 valence electrons.